The molecule has 2 aromatic carbocycles. The van der Waals surface area contributed by atoms with Crippen LogP contribution in [0.25, 0.3) is 11.3 Å². The smallest absolute Gasteiger partial charge is 0.416 e. The Kier molecular flexibility index (Phi) is 6.71. The van der Waals surface area contributed by atoms with Crippen LogP contribution in [0.1, 0.15) is 11.1 Å². The number of methoxy groups -OCH3 is 3. The molecule has 0 bridgehead atoms. The van der Waals surface area contributed by atoms with Gasteiger partial charge in [-0.1, -0.05) is 30.0 Å². The van der Waals surface area contributed by atoms with E-state index in [2.05, 4.69) is 10.2 Å². The third kappa shape index (κ3) is 4.96. The van der Waals surface area contributed by atoms with Crippen LogP contribution >= 0.6 is 11.8 Å². The molecule has 30 heavy (non-hydrogen) atoms. The topological polar surface area (TPSA) is 53.5 Å². The summed E-state index contributed by atoms with van der Waals surface area (Å²) >= 11 is 1.31. The molecule has 0 radical (unpaired) electrons. The van der Waals surface area contributed by atoms with Gasteiger partial charge in [-0.3, -0.25) is 0 Å². The molecule has 0 aliphatic carbocycles. The SMILES string of the molecule is COc1cc(-c2ccc(SCc3cccc(C(F)(F)F)c3)nn2)cc(OC)c1OC. The summed E-state index contributed by atoms with van der Waals surface area (Å²) in [5.74, 6) is 1.82. The van der Waals surface area contributed by atoms with E-state index in [0.29, 0.717) is 39.3 Å². The fourth-order valence-corrected chi connectivity index (χ4v) is 3.53. The van der Waals surface area contributed by atoms with Crippen molar-refractivity contribution < 1.29 is 27.4 Å². The number of hydrogen-bond acceptors (Lipinski definition) is 6. The summed E-state index contributed by atoms with van der Waals surface area (Å²) in [6.45, 7) is 0. The van der Waals surface area contributed by atoms with Crippen molar-refractivity contribution in [2.24, 2.45) is 0 Å². The Morgan fingerprint density at radius 3 is 2.10 bits per heavy atom. The largest absolute Gasteiger partial charge is 0.493 e. The van der Waals surface area contributed by atoms with E-state index in [1.54, 1.807) is 30.3 Å². The number of ether oxygens (including phenoxy) is 3. The van der Waals surface area contributed by atoms with Gasteiger partial charge in [0, 0.05) is 11.3 Å². The number of aromatic nitrogens is 2. The monoisotopic (exact) mass is 436 g/mol. The van der Waals surface area contributed by atoms with Gasteiger partial charge in [0.15, 0.2) is 11.5 Å². The van der Waals surface area contributed by atoms with Crippen molar-refractivity contribution >= 4 is 11.8 Å². The highest BCUT2D eigenvalue weighted by Gasteiger charge is 2.30. The van der Waals surface area contributed by atoms with E-state index in [9.17, 15) is 13.2 Å². The van der Waals surface area contributed by atoms with E-state index >= 15 is 0 Å². The highest BCUT2D eigenvalue weighted by molar-refractivity contribution is 7.98. The summed E-state index contributed by atoms with van der Waals surface area (Å²) in [5, 5.41) is 8.99. The van der Waals surface area contributed by atoms with Crippen LogP contribution in [0.3, 0.4) is 0 Å². The summed E-state index contributed by atoms with van der Waals surface area (Å²) < 4.78 is 54.5. The first-order valence-electron chi connectivity index (χ1n) is 8.78. The van der Waals surface area contributed by atoms with E-state index < -0.39 is 11.7 Å². The van der Waals surface area contributed by atoms with Gasteiger partial charge in [-0.25, -0.2) is 0 Å². The first-order chi connectivity index (χ1) is 14.4. The van der Waals surface area contributed by atoms with Crippen LogP contribution in [0.15, 0.2) is 53.6 Å². The van der Waals surface area contributed by atoms with Crippen molar-refractivity contribution in [3.05, 3.63) is 59.7 Å². The third-order valence-corrected chi connectivity index (χ3v) is 5.23. The lowest BCUT2D eigenvalue weighted by molar-refractivity contribution is -0.137. The normalized spacial score (nSPS) is 11.3. The van der Waals surface area contributed by atoms with Gasteiger partial charge in [0.2, 0.25) is 5.75 Å². The van der Waals surface area contributed by atoms with Crippen LogP contribution in [0.5, 0.6) is 17.2 Å². The molecular formula is C21H19F3N2O3S. The van der Waals surface area contributed by atoms with E-state index in [4.69, 9.17) is 14.2 Å². The predicted octanol–water partition coefficient (Wildman–Crippen LogP) is 5.48. The second kappa shape index (κ2) is 9.25. The van der Waals surface area contributed by atoms with E-state index in [1.807, 2.05) is 0 Å². The Morgan fingerprint density at radius 1 is 0.867 bits per heavy atom. The molecule has 0 saturated carbocycles. The van der Waals surface area contributed by atoms with Gasteiger partial charge in [-0.15, -0.1) is 10.2 Å². The second-order valence-corrected chi connectivity index (χ2v) is 7.15. The zero-order valence-corrected chi connectivity index (χ0v) is 17.3. The Morgan fingerprint density at radius 2 is 1.57 bits per heavy atom. The lowest BCUT2D eigenvalue weighted by Crippen LogP contribution is -2.04. The molecule has 0 amide bonds. The molecule has 5 nitrogen and oxygen atoms in total. The molecule has 0 unspecified atom stereocenters. The lowest BCUT2D eigenvalue weighted by atomic mass is 10.1. The Balaban J connectivity index is 1.76. The van der Waals surface area contributed by atoms with Gasteiger partial charge in [0.1, 0.15) is 5.03 Å². The molecule has 0 N–H and O–H groups in total. The molecule has 0 atom stereocenters. The van der Waals surface area contributed by atoms with Crippen LogP contribution < -0.4 is 14.2 Å². The van der Waals surface area contributed by atoms with Gasteiger partial charge < -0.3 is 14.2 Å². The van der Waals surface area contributed by atoms with Crippen LogP contribution in [-0.4, -0.2) is 31.5 Å². The third-order valence-electron chi connectivity index (χ3n) is 4.24. The molecule has 0 fully saturated rings. The summed E-state index contributed by atoms with van der Waals surface area (Å²) in [4.78, 5) is 0. The number of alkyl halides is 3. The Labute approximate surface area is 176 Å². The van der Waals surface area contributed by atoms with E-state index in [1.165, 1.54) is 39.2 Å². The van der Waals surface area contributed by atoms with Crippen LogP contribution in [0, 0.1) is 0 Å². The molecule has 9 heteroatoms. The minimum absolute atomic E-state index is 0.349. The number of nitrogens with zero attached hydrogens (tertiary/aromatic N) is 2. The van der Waals surface area contributed by atoms with Gasteiger partial charge >= 0.3 is 6.18 Å². The Bertz CT molecular complexity index is 986. The van der Waals surface area contributed by atoms with E-state index in [-0.39, 0.29) is 0 Å². The number of halogens is 3. The summed E-state index contributed by atoms with van der Waals surface area (Å²) in [6.07, 6.45) is -4.36. The number of thioether (sulfide) groups is 1. The minimum Gasteiger partial charge on any atom is -0.493 e. The fraction of sp³-hybridized carbons (Fsp3) is 0.238. The predicted molar refractivity (Wildman–Crippen MR) is 108 cm³/mol. The van der Waals surface area contributed by atoms with Gasteiger partial charge in [0.05, 0.1) is 32.6 Å². The van der Waals surface area contributed by atoms with Crippen molar-refractivity contribution in [1.29, 1.82) is 0 Å². The molecule has 1 heterocycles. The maximum absolute atomic E-state index is 12.8. The second-order valence-electron chi connectivity index (χ2n) is 6.16. The standard InChI is InChI=1S/C21H19F3N2O3S/c1-27-17-10-14(11-18(28-2)20(17)29-3)16-7-8-19(26-25-16)30-12-13-5-4-6-15(9-13)21(22,23)24/h4-11H,12H2,1-3H3. The van der Waals surface area contributed by atoms with Crippen molar-refractivity contribution in [3.8, 4) is 28.5 Å². The zero-order chi connectivity index (χ0) is 21.7. The summed E-state index contributed by atoms with van der Waals surface area (Å²) in [7, 11) is 4.58. The quantitative estimate of drug-likeness (QED) is 0.457. The van der Waals surface area contributed by atoms with Crippen molar-refractivity contribution in [2.45, 2.75) is 17.0 Å². The first kappa shape index (κ1) is 21.8. The highest BCUT2D eigenvalue weighted by Crippen LogP contribution is 2.40. The van der Waals surface area contributed by atoms with Crippen molar-refractivity contribution in [1.82, 2.24) is 10.2 Å². The molecule has 0 saturated heterocycles. The average Bonchev–Trinajstić information content (AvgIpc) is 2.76. The highest BCUT2D eigenvalue weighted by atomic mass is 32.2. The number of hydrogen-bond donors (Lipinski definition) is 0. The zero-order valence-electron chi connectivity index (χ0n) is 16.5. The molecule has 0 spiro atoms. The maximum Gasteiger partial charge on any atom is 0.416 e. The molecule has 158 valence electrons. The molecule has 3 rings (SSSR count). The van der Waals surface area contributed by atoms with E-state index in [0.717, 1.165) is 17.7 Å². The fourth-order valence-electron chi connectivity index (χ4n) is 2.77. The van der Waals surface area contributed by atoms with Crippen LogP contribution in [-0.2, 0) is 11.9 Å². The summed E-state index contributed by atoms with van der Waals surface area (Å²) in [5.41, 5.74) is 1.22. The molecular weight excluding hydrogens is 417 g/mol. The minimum atomic E-state index is -4.36. The lowest BCUT2D eigenvalue weighted by Gasteiger charge is -2.13. The van der Waals surface area contributed by atoms with Crippen LogP contribution in [0.2, 0.25) is 0 Å². The maximum atomic E-state index is 12.8. The Hall–Kier alpha value is -2.94. The molecule has 3 aromatic rings. The molecule has 0 aliphatic rings. The van der Waals surface area contributed by atoms with Crippen molar-refractivity contribution in [3.63, 3.8) is 0 Å². The van der Waals surface area contributed by atoms with Gasteiger partial charge in [-0.2, -0.15) is 13.2 Å². The average molecular weight is 436 g/mol. The molecule has 1 aromatic heterocycles. The molecule has 0 aliphatic heterocycles. The van der Waals surface area contributed by atoms with Crippen LogP contribution in [0.4, 0.5) is 13.2 Å². The number of benzene rings is 2. The first-order valence-corrected chi connectivity index (χ1v) is 9.77. The van der Waals surface area contributed by atoms with Crippen molar-refractivity contribution in [2.75, 3.05) is 21.3 Å². The van der Waals surface area contributed by atoms with Gasteiger partial charge in [0.25, 0.3) is 0 Å². The summed E-state index contributed by atoms with van der Waals surface area (Å²) in [6, 6.07) is 12.3. The number of rotatable bonds is 7. The van der Waals surface area contributed by atoms with Gasteiger partial charge in [-0.05, 0) is 35.9 Å².